The predicted octanol–water partition coefficient (Wildman–Crippen LogP) is 0.610. The molecule has 106 valence electrons. The van der Waals surface area contributed by atoms with E-state index >= 15 is 0 Å². The first-order valence-electron chi connectivity index (χ1n) is 6.84. The number of hydrogen-bond donors (Lipinski definition) is 1. The second kappa shape index (κ2) is 4.96. The summed E-state index contributed by atoms with van der Waals surface area (Å²) >= 11 is 0. The van der Waals surface area contributed by atoms with Crippen LogP contribution in [0, 0.1) is 11.3 Å². The zero-order valence-corrected chi connectivity index (χ0v) is 12.2. The van der Waals surface area contributed by atoms with Gasteiger partial charge in [-0.15, -0.1) is 0 Å². The molecule has 1 fully saturated rings. The Bertz CT molecular complexity index is 579. The van der Waals surface area contributed by atoms with E-state index in [0.717, 1.165) is 11.1 Å². The molecule has 0 amide bonds. The summed E-state index contributed by atoms with van der Waals surface area (Å²) in [7, 11) is 3.19. The van der Waals surface area contributed by atoms with Gasteiger partial charge in [-0.1, -0.05) is 13.8 Å². The molecule has 5 heteroatoms. The standard InChI is InChI=1S/C14H23N3O2/c1-10(2)14(5-6-14)9-15-7-11-8-16(3)13(19)17(4)12(11)18/h8,10,15H,5-7,9H2,1-4H3. The third-order valence-electron chi connectivity index (χ3n) is 4.43. The summed E-state index contributed by atoms with van der Waals surface area (Å²) in [5.74, 6) is 0.669. The smallest absolute Gasteiger partial charge is 0.312 e. The van der Waals surface area contributed by atoms with Gasteiger partial charge in [-0.2, -0.15) is 0 Å². The summed E-state index contributed by atoms with van der Waals surface area (Å²) < 4.78 is 2.61. The molecule has 19 heavy (non-hydrogen) atoms. The highest BCUT2D eigenvalue weighted by Gasteiger charge is 2.44. The first-order valence-corrected chi connectivity index (χ1v) is 6.84. The normalized spacial score (nSPS) is 16.9. The Morgan fingerprint density at radius 3 is 2.47 bits per heavy atom. The van der Waals surface area contributed by atoms with Crippen LogP contribution in [0.4, 0.5) is 0 Å². The van der Waals surface area contributed by atoms with Crippen LogP contribution in [-0.4, -0.2) is 15.7 Å². The fourth-order valence-electron chi connectivity index (χ4n) is 2.57. The summed E-state index contributed by atoms with van der Waals surface area (Å²) in [5.41, 5.74) is 0.579. The summed E-state index contributed by atoms with van der Waals surface area (Å²) in [5, 5.41) is 3.37. The van der Waals surface area contributed by atoms with Gasteiger partial charge in [-0.3, -0.25) is 9.36 Å². The van der Waals surface area contributed by atoms with E-state index in [0.29, 0.717) is 23.4 Å². The Kier molecular flexibility index (Phi) is 3.67. The average molecular weight is 265 g/mol. The van der Waals surface area contributed by atoms with Crippen molar-refractivity contribution in [2.24, 2.45) is 25.4 Å². The van der Waals surface area contributed by atoms with Crippen molar-refractivity contribution in [3.63, 3.8) is 0 Å². The van der Waals surface area contributed by atoms with Gasteiger partial charge in [0.25, 0.3) is 5.56 Å². The maximum absolute atomic E-state index is 12.0. The lowest BCUT2D eigenvalue weighted by molar-refractivity contribution is 0.337. The van der Waals surface area contributed by atoms with Crippen molar-refractivity contribution in [1.82, 2.24) is 14.5 Å². The third kappa shape index (κ3) is 2.66. The summed E-state index contributed by atoms with van der Waals surface area (Å²) in [6.07, 6.45) is 4.17. The molecule has 1 heterocycles. The van der Waals surface area contributed by atoms with Gasteiger partial charge < -0.3 is 9.88 Å². The van der Waals surface area contributed by atoms with Crippen molar-refractivity contribution in [2.45, 2.75) is 33.2 Å². The van der Waals surface area contributed by atoms with Gasteiger partial charge in [-0.25, -0.2) is 4.79 Å². The number of aromatic nitrogens is 2. The molecule has 0 saturated heterocycles. The first kappa shape index (κ1) is 14.1. The number of nitrogens with zero attached hydrogens (tertiary/aromatic N) is 2. The molecule has 0 bridgehead atoms. The molecule has 2 rings (SSSR count). The lowest BCUT2D eigenvalue weighted by Crippen LogP contribution is -2.40. The van der Waals surface area contributed by atoms with E-state index in [1.165, 1.54) is 24.5 Å². The van der Waals surface area contributed by atoms with Gasteiger partial charge in [0.2, 0.25) is 0 Å². The molecule has 1 aromatic heterocycles. The van der Waals surface area contributed by atoms with Gasteiger partial charge in [0.05, 0.1) is 0 Å². The lowest BCUT2D eigenvalue weighted by Gasteiger charge is -2.20. The molecule has 1 aliphatic carbocycles. The van der Waals surface area contributed by atoms with Crippen molar-refractivity contribution >= 4 is 0 Å². The minimum absolute atomic E-state index is 0.204. The molecule has 0 atom stereocenters. The number of aryl methyl sites for hydroxylation is 1. The van der Waals surface area contributed by atoms with Crippen molar-refractivity contribution in [3.8, 4) is 0 Å². The van der Waals surface area contributed by atoms with Crippen molar-refractivity contribution in [3.05, 3.63) is 32.6 Å². The number of rotatable bonds is 5. The molecule has 1 saturated carbocycles. The number of hydrogen-bond acceptors (Lipinski definition) is 3. The van der Waals surface area contributed by atoms with E-state index in [1.807, 2.05) is 0 Å². The highest BCUT2D eigenvalue weighted by molar-refractivity contribution is 5.06. The zero-order valence-electron chi connectivity index (χ0n) is 12.2. The largest absolute Gasteiger partial charge is 0.330 e. The molecule has 0 aliphatic heterocycles. The Labute approximate surface area is 113 Å². The van der Waals surface area contributed by atoms with E-state index in [9.17, 15) is 9.59 Å². The van der Waals surface area contributed by atoms with Crippen LogP contribution in [0.15, 0.2) is 15.8 Å². The summed E-state index contributed by atoms with van der Waals surface area (Å²) in [4.78, 5) is 23.5. The van der Waals surface area contributed by atoms with Crippen LogP contribution in [0.25, 0.3) is 0 Å². The second-order valence-electron chi connectivity index (χ2n) is 6.03. The average Bonchev–Trinajstić information content (AvgIpc) is 3.14. The lowest BCUT2D eigenvalue weighted by atomic mass is 9.92. The first-order chi connectivity index (χ1) is 8.87. The monoisotopic (exact) mass is 265 g/mol. The van der Waals surface area contributed by atoms with Crippen LogP contribution in [0.5, 0.6) is 0 Å². The molecule has 1 aromatic rings. The van der Waals surface area contributed by atoms with E-state index in [4.69, 9.17) is 0 Å². The molecular formula is C14H23N3O2. The van der Waals surface area contributed by atoms with E-state index in [1.54, 1.807) is 13.2 Å². The van der Waals surface area contributed by atoms with Crippen molar-refractivity contribution in [2.75, 3.05) is 6.54 Å². The molecule has 0 radical (unpaired) electrons. The van der Waals surface area contributed by atoms with Crippen LogP contribution >= 0.6 is 0 Å². The minimum Gasteiger partial charge on any atom is -0.312 e. The van der Waals surface area contributed by atoms with Crippen molar-refractivity contribution < 1.29 is 0 Å². The topological polar surface area (TPSA) is 56.0 Å². The molecule has 1 N–H and O–H groups in total. The maximum atomic E-state index is 12.0. The molecule has 0 spiro atoms. The fraction of sp³-hybridized carbons (Fsp3) is 0.714. The van der Waals surface area contributed by atoms with Gasteiger partial charge >= 0.3 is 5.69 Å². The summed E-state index contributed by atoms with van der Waals surface area (Å²) in [6, 6.07) is 0. The molecule has 0 unspecified atom stereocenters. The Morgan fingerprint density at radius 1 is 1.32 bits per heavy atom. The third-order valence-corrected chi connectivity index (χ3v) is 4.43. The van der Waals surface area contributed by atoms with Crippen LogP contribution in [0.1, 0.15) is 32.3 Å². The highest BCUT2D eigenvalue weighted by Crippen LogP contribution is 2.51. The second-order valence-corrected chi connectivity index (χ2v) is 6.03. The van der Waals surface area contributed by atoms with Gasteiger partial charge in [0.1, 0.15) is 0 Å². The molecule has 1 aliphatic rings. The van der Waals surface area contributed by atoms with E-state index in [-0.39, 0.29) is 11.2 Å². The maximum Gasteiger partial charge on any atom is 0.330 e. The van der Waals surface area contributed by atoms with Gasteiger partial charge in [-0.05, 0) is 24.2 Å². The Morgan fingerprint density at radius 2 is 1.95 bits per heavy atom. The zero-order chi connectivity index (χ0) is 14.2. The van der Waals surface area contributed by atoms with Gasteiger partial charge in [0, 0.05) is 38.9 Å². The number of nitrogens with one attached hydrogen (secondary N) is 1. The minimum atomic E-state index is -0.283. The fourth-order valence-corrected chi connectivity index (χ4v) is 2.57. The van der Waals surface area contributed by atoms with E-state index in [2.05, 4.69) is 19.2 Å². The molecule has 0 aromatic carbocycles. The highest BCUT2D eigenvalue weighted by atomic mass is 16.2. The van der Waals surface area contributed by atoms with Crippen molar-refractivity contribution in [1.29, 1.82) is 0 Å². The van der Waals surface area contributed by atoms with E-state index < -0.39 is 0 Å². The quantitative estimate of drug-likeness (QED) is 0.848. The molecule has 5 nitrogen and oxygen atoms in total. The Hall–Kier alpha value is -1.36. The van der Waals surface area contributed by atoms with Gasteiger partial charge in [0.15, 0.2) is 0 Å². The summed E-state index contributed by atoms with van der Waals surface area (Å²) in [6.45, 7) is 5.96. The van der Waals surface area contributed by atoms with Crippen LogP contribution in [-0.2, 0) is 20.6 Å². The SMILES string of the molecule is CC(C)C1(CNCc2cn(C)c(=O)n(C)c2=O)CC1. The Balaban J connectivity index is 2.05. The van der Waals surface area contributed by atoms with Crippen LogP contribution < -0.4 is 16.6 Å². The van der Waals surface area contributed by atoms with Crippen LogP contribution in [0.3, 0.4) is 0 Å². The van der Waals surface area contributed by atoms with Crippen LogP contribution in [0.2, 0.25) is 0 Å². The predicted molar refractivity (Wildman–Crippen MR) is 75.1 cm³/mol. The molecular weight excluding hydrogens is 242 g/mol.